The fourth-order valence-electron chi connectivity index (χ4n) is 2.67. The number of anilines is 1. The molecule has 2 rings (SSSR count). The molecule has 1 aromatic carbocycles. The lowest BCUT2D eigenvalue weighted by molar-refractivity contribution is 0.0697. The molecule has 1 aliphatic rings. The highest BCUT2D eigenvalue weighted by molar-refractivity contribution is 6.00. The summed E-state index contributed by atoms with van der Waals surface area (Å²) in [5.41, 5.74) is 0.0274. The summed E-state index contributed by atoms with van der Waals surface area (Å²) in [4.78, 5) is 22.8. The number of nitrogens with one attached hydrogen (secondary N) is 2. The maximum absolute atomic E-state index is 11.8. The molecule has 4 N–H and O–H groups in total. The van der Waals surface area contributed by atoms with Crippen LogP contribution in [0.5, 0.6) is 5.75 Å². The summed E-state index contributed by atoms with van der Waals surface area (Å²) in [7, 11) is 0. The van der Waals surface area contributed by atoms with Gasteiger partial charge >= 0.3 is 12.0 Å². The van der Waals surface area contributed by atoms with Gasteiger partial charge in [-0.3, -0.25) is 0 Å². The number of aromatic hydroxyl groups is 1. The molecule has 0 aliphatic heterocycles. The summed E-state index contributed by atoms with van der Waals surface area (Å²) >= 11 is 0. The van der Waals surface area contributed by atoms with Gasteiger partial charge in [0, 0.05) is 6.54 Å². The summed E-state index contributed by atoms with van der Waals surface area (Å²) < 4.78 is 0. The first-order valence-corrected chi connectivity index (χ1v) is 7.17. The predicted octanol–water partition coefficient (Wildman–Crippen LogP) is 2.79. The monoisotopic (exact) mass is 292 g/mol. The summed E-state index contributed by atoms with van der Waals surface area (Å²) in [6.07, 6.45) is 5.95. The average Bonchev–Trinajstić information content (AvgIpc) is 2.94. The highest BCUT2D eigenvalue weighted by Gasteiger charge is 2.16. The molecule has 114 valence electrons. The van der Waals surface area contributed by atoms with Crippen molar-refractivity contribution in [2.45, 2.75) is 32.1 Å². The summed E-state index contributed by atoms with van der Waals surface area (Å²) in [6.45, 7) is 0.580. The fraction of sp³-hybridized carbons (Fsp3) is 0.467. The minimum Gasteiger partial charge on any atom is -0.508 e. The van der Waals surface area contributed by atoms with Gasteiger partial charge in [0.25, 0.3) is 0 Å². The van der Waals surface area contributed by atoms with Gasteiger partial charge in [-0.05, 0) is 30.5 Å². The molecule has 1 aromatic rings. The molecule has 0 radical (unpaired) electrons. The van der Waals surface area contributed by atoms with E-state index in [0.29, 0.717) is 12.5 Å². The average molecular weight is 292 g/mol. The molecule has 0 spiro atoms. The van der Waals surface area contributed by atoms with Crippen molar-refractivity contribution in [2.24, 2.45) is 5.92 Å². The van der Waals surface area contributed by atoms with Crippen LogP contribution in [0.15, 0.2) is 18.2 Å². The van der Waals surface area contributed by atoms with Crippen molar-refractivity contribution < 1.29 is 19.8 Å². The van der Waals surface area contributed by atoms with E-state index >= 15 is 0 Å². The van der Waals surface area contributed by atoms with Crippen LogP contribution >= 0.6 is 0 Å². The normalized spacial score (nSPS) is 14.9. The number of carbonyl (C=O) groups is 2. The van der Waals surface area contributed by atoms with Crippen molar-refractivity contribution >= 4 is 17.7 Å². The summed E-state index contributed by atoms with van der Waals surface area (Å²) in [5, 5.41) is 23.6. The van der Waals surface area contributed by atoms with Crippen LogP contribution in [0, 0.1) is 5.92 Å². The molecule has 0 bridgehead atoms. The minimum absolute atomic E-state index is 0.138. The number of hydrogen-bond acceptors (Lipinski definition) is 3. The lowest BCUT2D eigenvalue weighted by Gasteiger charge is -2.12. The molecule has 0 heterocycles. The third kappa shape index (κ3) is 4.37. The SMILES string of the molecule is O=C(NCCC1CCCC1)Nc1ccc(O)cc1C(=O)O. The quantitative estimate of drug-likeness (QED) is 0.627. The first-order valence-electron chi connectivity index (χ1n) is 7.17. The molecule has 1 saturated carbocycles. The lowest BCUT2D eigenvalue weighted by atomic mass is 10.0. The van der Waals surface area contributed by atoms with Crippen LogP contribution in [-0.2, 0) is 0 Å². The predicted molar refractivity (Wildman–Crippen MR) is 78.7 cm³/mol. The lowest BCUT2D eigenvalue weighted by Crippen LogP contribution is -2.30. The van der Waals surface area contributed by atoms with Crippen LogP contribution in [0.2, 0.25) is 0 Å². The number of hydrogen-bond donors (Lipinski definition) is 4. The molecule has 0 atom stereocenters. The van der Waals surface area contributed by atoms with Gasteiger partial charge in [-0.15, -0.1) is 0 Å². The standard InChI is InChI=1S/C15H20N2O4/c18-11-5-6-13(12(9-11)14(19)20)17-15(21)16-8-7-10-3-1-2-4-10/h5-6,9-10,18H,1-4,7-8H2,(H,19,20)(H2,16,17,21). The number of aromatic carboxylic acids is 1. The Morgan fingerprint density at radius 1 is 1.24 bits per heavy atom. The number of phenolic OH excluding ortho intramolecular Hbond substituents is 1. The molecule has 0 saturated heterocycles. The smallest absolute Gasteiger partial charge is 0.337 e. The third-order valence-corrected chi connectivity index (χ3v) is 3.79. The highest BCUT2D eigenvalue weighted by Crippen LogP contribution is 2.27. The van der Waals surface area contributed by atoms with E-state index in [-0.39, 0.29) is 17.0 Å². The van der Waals surface area contributed by atoms with E-state index in [4.69, 9.17) is 5.11 Å². The van der Waals surface area contributed by atoms with Crippen molar-refractivity contribution in [2.75, 3.05) is 11.9 Å². The van der Waals surface area contributed by atoms with Gasteiger partial charge in [-0.1, -0.05) is 25.7 Å². The summed E-state index contributed by atoms with van der Waals surface area (Å²) in [6, 6.07) is 3.38. The Labute approximate surface area is 123 Å². The Morgan fingerprint density at radius 3 is 2.62 bits per heavy atom. The number of rotatable bonds is 5. The van der Waals surface area contributed by atoms with E-state index < -0.39 is 12.0 Å². The number of carboxylic acid groups (broad SMARTS) is 1. The molecule has 6 heteroatoms. The molecular weight excluding hydrogens is 272 g/mol. The number of carbonyl (C=O) groups excluding carboxylic acids is 1. The molecule has 2 amide bonds. The zero-order valence-electron chi connectivity index (χ0n) is 11.8. The maximum Gasteiger partial charge on any atom is 0.337 e. The molecular formula is C15H20N2O4. The van der Waals surface area contributed by atoms with Crippen molar-refractivity contribution in [3.63, 3.8) is 0 Å². The van der Waals surface area contributed by atoms with Crippen molar-refractivity contribution in [1.29, 1.82) is 0 Å². The highest BCUT2D eigenvalue weighted by atomic mass is 16.4. The first kappa shape index (κ1) is 15.2. The van der Waals surface area contributed by atoms with Crippen LogP contribution in [0.4, 0.5) is 10.5 Å². The van der Waals surface area contributed by atoms with Crippen molar-refractivity contribution in [3.05, 3.63) is 23.8 Å². The number of amides is 2. The second-order valence-electron chi connectivity index (χ2n) is 5.36. The van der Waals surface area contributed by atoms with Crippen LogP contribution < -0.4 is 10.6 Å². The van der Waals surface area contributed by atoms with Gasteiger partial charge in [0.1, 0.15) is 5.75 Å². The van der Waals surface area contributed by atoms with Crippen LogP contribution in [0.25, 0.3) is 0 Å². The number of carboxylic acids is 1. The Bertz CT molecular complexity index is 524. The maximum atomic E-state index is 11.8. The van der Waals surface area contributed by atoms with E-state index in [1.807, 2.05) is 0 Å². The Kier molecular flexibility index (Phi) is 5.03. The largest absolute Gasteiger partial charge is 0.508 e. The number of phenols is 1. The number of benzene rings is 1. The molecule has 0 aromatic heterocycles. The second-order valence-corrected chi connectivity index (χ2v) is 5.36. The van der Waals surface area contributed by atoms with E-state index in [1.54, 1.807) is 0 Å². The zero-order chi connectivity index (χ0) is 15.2. The molecule has 21 heavy (non-hydrogen) atoms. The number of urea groups is 1. The zero-order valence-corrected chi connectivity index (χ0v) is 11.8. The van der Waals surface area contributed by atoms with Gasteiger partial charge < -0.3 is 20.8 Å². The van der Waals surface area contributed by atoms with E-state index in [0.717, 1.165) is 12.5 Å². The van der Waals surface area contributed by atoms with Gasteiger partial charge in [0.15, 0.2) is 0 Å². The molecule has 0 unspecified atom stereocenters. The van der Waals surface area contributed by atoms with Crippen LogP contribution in [0.3, 0.4) is 0 Å². The van der Waals surface area contributed by atoms with Crippen LogP contribution in [0.1, 0.15) is 42.5 Å². The molecule has 6 nitrogen and oxygen atoms in total. The topological polar surface area (TPSA) is 98.7 Å². The van der Waals surface area contributed by atoms with Crippen molar-refractivity contribution in [3.8, 4) is 5.75 Å². The summed E-state index contributed by atoms with van der Waals surface area (Å²) in [5.74, 6) is -0.666. The van der Waals surface area contributed by atoms with Gasteiger partial charge in [-0.2, -0.15) is 0 Å². The van der Waals surface area contributed by atoms with Gasteiger partial charge in [-0.25, -0.2) is 9.59 Å². The first-order chi connectivity index (χ1) is 10.1. The van der Waals surface area contributed by atoms with Crippen LogP contribution in [-0.4, -0.2) is 28.8 Å². The van der Waals surface area contributed by atoms with Crippen molar-refractivity contribution in [1.82, 2.24) is 5.32 Å². The third-order valence-electron chi connectivity index (χ3n) is 3.79. The van der Waals surface area contributed by atoms with Gasteiger partial charge in [0.05, 0.1) is 11.3 Å². The second kappa shape index (κ2) is 6.97. The van der Waals surface area contributed by atoms with E-state index in [9.17, 15) is 14.7 Å². The Hall–Kier alpha value is -2.24. The molecule has 1 aliphatic carbocycles. The van der Waals surface area contributed by atoms with Gasteiger partial charge in [0.2, 0.25) is 0 Å². The van der Waals surface area contributed by atoms with E-state index in [2.05, 4.69) is 10.6 Å². The minimum atomic E-state index is -1.20. The fourth-order valence-corrected chi connectivity index (χ4v) is 2.67. The molecule has 1 fully saturated rings. The van der Waals surface area contributed by atoms with E-state index in [1.165, 1.54) is 37.8 Å². The Morgan fingerprint density at radius 2 is 1.95 bits per heavy atom. The Balaban J connectivity index is 1.85.